The number of carbonyl (C=O) groups excluding carboxylic acids is 2. The Morgan fingerprint density at radius 3 is 2.90 bits per heavy atom. The standard InChI is InChI=1S/C11H12N6O2S/c1-15-9-8(10(18)16(2)11(15)19)13-14-17(9)12-6-7-4-3-5-20-7/h3-6,8-9H,1-2H3. The molecule has 0 saturated carbocycles. The summed E-state index contributed by atoms with van der Waals surface area (Å²) in [5.41, 5.74) is 0. The first-order valence-corrected chi connectivity index (χ1v) is 6.79. The number of hydrogen-bond donors (Lipinski definition) is 0. The zero-order valence-electron chi connectivity index (χ0n) is 10.9. The molecule has 2 aliphatic heterocycles. The molecule has 104 valence electrons. The van der Waals surface area contributed by atoms with Gasteiger partial charge in [-0.2, -0.15) is 10.2 Å². The third-order valence-corrected chi connectivity index (χ3v) is 4.01. The van der Waals surface area contributed by atoms with E-state index >= 15 is 0 Å². The predicted molar refractivity (Wildman–Crippen MR) is 72.1 cm³/mol. The van der Waals surface area contributed by atoms with Crippen LogP contribution in [0, 0.1) is 0 Å². The number of thiophene rings is 1. The molecule has 20 heavy (non-hydrogen) atoms. The summed E-state index contributed by atoms with van der Waals surface area (Å²) >= 11 is 1.53. The Bertz CT molecular complexity index is 598. The molecule has 1 aromatic heterocycles. The highest BCUT2D eigenvalue weighted by Crippen LogP contribution is 2.27. The van der Waals surface area contributed by atoms with Crippen molar-refractivity contribution < 1.29 is 9.59 Å². The van der Waals surface area contributed by atoms with Gasteiger partial charge in [0.05, 0.1) is 6.21 Å². The lowest BCUT2D eigenvalue weighted by Gasteiger charge is -2.37. The minimum Gasteiger partial charge on any atom is -0.301 e. The van der Waals surface area contributed by atoms with Crippen molar-refractivity contribution in [1.29, 1.82) is 0 Å². The van der Waals surface area contributed by atoms with Gasteiger partial charge in [-0.3, -0.25) is 9.69 Å². The zero-order valence-corrected chi connectivity index (χ0v) is 11.7. The van der Waals surface area contributed by atoms with Crippen LogP contribution in [0.1, 0.15) is 4.88 Å². The second-order valence-electron chi connectivity index (χ2n) is 4.43. The maximum absolute atomic E-state index is 12.0. The third kappa shape index (κ3) is 1.86. The average molecular weight is 292 g/mol. The highest BCUT2D eigenvalue weighted by molar-refractivity contribution is 7.11. The first-order chi connectivity index (χ1) is 9.59. The highest BCUT2D eigenvalue weighted by atomic mass is 32.1. The number of imide groups is 1. The van der Waals surface area contributed by atoms with Gasteiger partial charge in [-0.25, -0.2) is 4.79 Å². The molecule has 1 aromatic rings. The van der Waals surface area contributed by atoms with E-state index in [1.807, 2.05) is 17.5 Å². The Kier molecular flexibility index (Phi) is 2.97. The Morgan fingerprint density at radius 2 is 2.20 bits per heavy atom. The molecule has 0 N–H and O–H groups in total. The van der Waals surface area contributed by atoms with E-state index in [-0.39, 0.29) is 11.9 Å². The quantitative estimate of drug-likeness (QED) is 0.762. The van der Waals surface area contributed by atoms with Crippen molar-refractivity contribution in [1.82, 2.24) is 14.9 Å². The van der Waals surface area contributed by atoms with Crippen molar-refractivity contribution in [2.45, 2.75) is 12.2 Å². The van der Waals surface area contributed by atoms with Gasteiger partial charge < -0.3 is 4.90 Å². The van der Waals surface area contributed by atoms with E-state index in [0.29, 0.717) is 0 Å². The van der Waals surface area contributed by atoms with Crippen LogP contribution in [-0.4, -0.2) is 59.4 Å². The molecule has 3 rings (SSSR count). The number of nitrogens with zero attached hydrogens (tertiary/aromatic N) is 6. The third-order valence-electron chi connectivity index (χ3n) is 3.20. The van der Waals surface area contributed by atoms with Crippen LogP contribution in [0.25, 0.3) is 0 Å². The van der Waals surface area contributed by atoms with Crippen LogP contribution in [0.4, 0.5) is 4.79 Å². The second kappa shape index (κ2) is 4.67. The number of fused-ring (bicyclic) bond motifs is 1. The number of urea groups is 1. The molecule has 2 aliphatic rings. The molecule has 3 heterocycles. The molecule has 2 unspecified atom stereocenters. The molecule has 0 bridgehead atoms. The summed E-state index contributed by atoms with van der Waals surface area (Å²) in [6, 6.07) is 2.71. The van der Waals surface area contributed by atoms with Gasteiger partial charge in [-0.15, -0.1) is 16.5 Å². The molecule has 1 saturated heterocycles. The first-order valence-electron chi connectivity index (χ1n) is 5.91. The number of amides is 3. The molecule has 8 nitrogen and oxygen atoms in total. The summed E-state index contributed by atoms with van der Waals surface area (Å²) in [5.74, 6) is -0.365. The molecular weight excluding hydrogens is 280 g/mol. The van der Waals surface area contributed by atoms with Gasteiger partial charge in [-0.1, -0.05) is 11.3 Å². The minimum absolute atomic E-state index is 0.365. The molecule has 0 spiro atoms. The van der Waals surface area contributed by atoms with Gasteiger partial charge in [0.15, 0.2) is 12.2 Å². The lowest BCUT2D eigenvalue weighted by Crippen LogP contribution is -2.63. The first kappa shape index (κ1) is 12.7. The SMILES string of the molecule is CN1C(=O)C2N=NN(N=Cc3cccs3)C2N(C)C1=O. The fourth-order valence-corrected chi connectivity index (χ4v) is 2.69. The predicted octanol–water partition coefficient (Wildman–Crippen LogP) is 0.983. The number of rotatable bonds is 2. The van der Waals surface area contributed by atoms with Crippen molar-refractivity contribution in [3.05, 3.63) is 22.4 Å². The van der Waals surface area contributed by atoms with E-state index in [2.05, 4.69) is 15.4 Å². The minimum atomic E-state index is -0.719. The Labute approximate surface area is 118 Å². The normalized spacial score (nSPS) is 26.0. The largest absolute Gasteiger partial charge is 0.328 e. The molecule has 2 atom stereocenters. The summed E-state index contributed by atoms with van der Waals surface area (Å²) in [4.78, 5) is 27.3. The number of likely N-dealkylation sites (N-methyl/N-ethyl adjacent to an activating group) is 2. The van der Waals surface area contributed by atoms with Gasteiger partial charge in [0.2, 0.25) is 0 Å². The monoisotopic (exact) mass is 292 g/mol. The van der Waals surface area contributed by atoms with Crippen LogP contribution in [0.15, 0.2) is 33.0 Å². The molecular formula is C11H12N6O2S. The van der Waals surface area contributed by atoms with Crippen LogP contribution < -0.4 is 0 Å². The fraction of sp³-hybridized carbons (Fsp3) is 0.364. The van der Waals surface area contributed by atoms with Gasteiger partial charge in [-0.05, 0) is 11.4 Å². The van der Waals surface area contributed by atoms with E-state index in [1.54, 1.807) is 13.3 Å². The van der Waals surface area contributed by atoms with Crippen molar-refractivity contribution in [2.75, 3.05) is 14.1 Å². The molecule has 0 radical (unpaired) electrons. The number of hydrogen-bond acceptors (Lipinski definition) is 7. The van der Waals surface area contributed by atoms with E-state index in [0.717, 1.165) is 9.78 Å². The van der Waals surface area contributed by atoms with Gasteiger partial charge in [0.1, 0.15) is 0 Å². The Hall–Kier alpha value is -2.29. The van der Waals surface area contributed by atoms with E-state index in [1.165, 1.54) is 28.4 Å². The summed E-state index contributed by atoms with van der Waals surface area (Å²) in [7, 11) is 3.04. The molecule has 0 aromatic carbocycles. The topological polar surface area (TPSA) is 80.9 Å². The van der Waals surface area contributed by atoms with Crippen molar-refractivity contribution in [2.24, 2.45) is 15.4 Å². The van der Waals surface area contributed by atoms with Crippen molar-refractivity contribution in [3.63, 3.8) is 0 Å². The highest BCUT2D eigenvalue weighted by Gasteiger charge is 2.50. The maximum Gasteiger partial charge on any atom is 0.328 e. The van der Waals surface area contributed by atoms with Gasteiger partial charge in [0, 0.05) is 19.0 Å². The average Bonchev–Trinajstić information content (AvgIpc) is 3.09. The Balaban J connectivity index is 1.84. The number of carbonyl (C=O) groups is 2. The summed E-state index contributed by atoms with van der Waals surface area (Å²) in [6.45, 7) is 0. The van der Waals surface area contributed by atoms with Gasteiger partial charge in [0.25, 0.3) is 5.91 Å². The molecule has 3 amide bonds. The lowest BCUT2D eigenvalue weighted by molar-refractivity contribution is -0.134. The maximum atomic E-state index is 12.0. The molecule has 1 fully saturated rings. The smallest absolute Gasteiger partial charge is 0.301 e. The van der Waals surface area contributed by atoms with Crippen molar-refractivity contribution >= 4 is 29.5 Å². The summed E-state index contributed by atoms with van der Waals surface area (Å²) < 4.78 is 0. The van der Waals surface area contributed by atoms with E-state index in [4.69, 9.17) is 0 Å². The fourth-order valence-electron chi connectivity index (χ4n) is 2.11. The van der Waals surface area contributed by atoms with Crippen LogP contribution in [-0.2, 0) is 4.79 Å². The lowest BCUT2D eigenvalue weighted by atomic mass is 10.1. The van der Waals surface area contributed by atoms with Crippen LogP contribution >= 0.6 is 11.3 Å². The van der Waals surface area contributed by atoms with Crippen LogP contribution in [0.2, 0.25) is 0 Å². The van der Waals surface area contributed by atoms with E-state index < -0.39 is 12.2 Å². The molecule has 0 aliphatic carbocycles. The van der Waals surface area contributed by atoms with E-state index in [9.17, 15) is 9.59 Å². The zero-order chi connectivity index (χ0) is 14.3. The Morgan fingerprint density at radius 1 is 1.40 bits per heavy atom. The van der Waals surface area contributed by atoms with Gasteiger partial charge >= 0.3 is 6.03 Å². The second-order valence-corrected chi connectivity index (χ2v) is 5.41. The molecule has 9 heteroatoms. The van der Waals surface area contributed by atoms with Crippen molar-refractivity contribution in [3.8, 4) is 0 Å². The van der Waals surface area contributed by atoms with Crippen LogP contribution in [0.3, 0.4) is 0 Å². The van der Waals surface area contributed by atoms with Crippen LogP contribution in [0.5, 0.6) is 0 Å². The summed E-state index contributed by atoms with van der Waals surface area (Å²) in [6.07, 6.45) is 1.04. The summed E-state index contributed by atoms with van der Waals surface area (Å²) in [5, 5.41) is 15.2. The number of hydrazone groups is 1.